The van der Waals surface area contributed by atoms with Crippen molar-refractivity contribution in [3.05, 3.63) is 84.8 Å². The van der Waals surface area contributed by atoms with E-state index in [-0.39, 0.29) is 1.43 Å². The van der Waals surface area contributed by atoms with E-state index >= 15 is 0 Å². The highest BCUT2D eigenvalue weighted by molar-refractivity contribution is 5.89. The summed E-state index contributed by atoms with van der Waals surface area (Å²) in [5, 5.41) is 5.74. The van der Waals surface area contributed by atoms with Gasteiger partial charge in [-0.05, 0) is 55.8 Å². The number of aromatic nitrogens is 3. The van der Waals surface area contributed by atoms with E-state index in [4.69, 9.17) is 0 Å². The van der Waals surface area contributed by atoms with Gasteiger partial charge in [-0.2, -0.15) is 0 Å². The molecule has 1 fully saturated rings. The van der Waals surface area contributed by atoms with Crippen LogP contribution in [0.4, 0.5) is 11.6 Å². The highest BCUT2D eigenvalue weighted by atomic mass is 15.3. The first kappa shape index (κ1) is 21.1. The summed E-state index contributed by atoms with van der Waals surface area (Å²) in [6.45, 7) is 6.15. The first-order valence-corrected chi connectivity index (χ1v) is 11.3. The van der Waals surface area contributed by atoms with E-state index in [1.165, 1.54) is 0 Å². The molecule has 0 spiro atoms. The molecule has 1 aliphatic heterocycles. The van der Waals surface area contributed by atoms with E-state index in [2.05, 4.69) is 73.5 Å². The van der Waals surface area contributed by atoms with Gasteiger partial charge in [0.25, 0.3) is 0 Å². The van der Waals surface area contributed by atoms with Crippen molar-refractivity contribution in [1.29, 1.82) is 0 Å². The van der Waals surface area contributed by atoms with Crippen LogP contribution in [-0.4, -0.2) is 53.1 Å². The fourth-order valence-electron chi connectivity index (χ4n) is 4.15. The van der Waals surface area contributed by atoms with Crippen molar-refractivity contribution < 1.29 is 1.43 Å². The number of rotatable bonds is 5. The van der Waals surface area contributed by atoms with Crippen LogP contribution in [0.5, 0.6) is 0 Å². The lowest BCUT2D eigenvalue weighted by Crippen LogP contribution is -2.44. The van der Waals surface area contributed by atoms with Crippen LogP contribution >= 0.6 is 0 Å². The molecule has 0 saturated carbocycles. The van der Waals surface area contributed by atoms with Gasteiger partial charge >= 0.3 is 0 Å². The summed E-state index contributed by atoms with van der Waals surface area (Å²) in [5.41, 5.74) is 4.18. The Morgan fingerprint density at radius 2 is 1.79 bits per heavy atom. The smallest absolute Gasteiger partial charge is 0.130 e. The van der Waals surface area contributed by atoms with Crippen LogP contribution in [-0.2, 0) is 0 Å². The number of allylic oxidation sites excluding steroid dienone is 1. The van der Waals surface area contributed by atoms with Crippen molar-refractivity contribution >= 4 is 28.1 Å². The molecule has 1 N–H and O–H groups in total. The van der Waals surface area contributed by atoms with Crippen molar-refractivity contribution in [2.24, 2.45) is 0 Å². The van der Waals surface area contributed by atoms with Crippen LogP contribution < -0.4 is 10.2 Å². The van der Waals surface area contributed by atoms with Gasteiger partial charge in [0, 0.05) is 68.4 Å². The number of nitrogens with one attached hydrogen (secondary N) is 1. The molecule has 3 aromatic heterocycles. The molecule has 0 amide bonds. The predicted molar refractivity (Wildman–Crippen MR) is 138 cm³/mol. The standard InChI is InChI=1S/C27H28N6.H2/c1-3-24(21-9-11-29-27(18-21)33-14-12-32(2)13-15-33)31-26-17-23-16-20(7-8-22(23)19-30-26)25-6-4-5-10-28-25;/h3-11,16-19H,12-15H2,1-2H3,(H,30,31);1H/b24-3+;. The largest absolute Gasteiger partial charge is 0.354 e. The zero-order valence-electron chi connectivity index (χ0n) is 19.1. The van der Waals surface area contributed by atoms with E-state index < -0.39 is 0 Å². The Morgan fingerprint density at radius 3 is 2.58 bits per heavy atom. The van der Waals surface area contributed by atoms with Crippen molar-refractivity contribution in [2.45, 2.75) is 6.92 Å². The molecule has 1 aromatic carbocycles. The summed E-state index contributed by atoms with van der Waals surface area (Å²) in [5.74, 6) is 1.83. The maximum Gasteiger partial charge on any atom is 0.130 e. The molecule has 0 bridgehead atoms. The molecule has 168 valence electrons. The second-order valence-electron chi connectivity index (χ2n) is 8.37. The second kappa shape index (κ2) is 9.38. The molecule has 4 heterocycles. The average molecular weight is 439 g/mol. The Balaban J connectivity index is 0.00000274. The minimum atomic E-state index is 0. The minimum absolute atomic E-state index is 0. The molecular weight excluding hydrogens is 408 g/mol. The highest BCUT2D eigenvalue weighted by Gasteiger charge is 2.16. The van der Waals surface area contributed by atoms with Crippen LogP contribution in [0.25, 0.3) is 27.7 Å². The topological polar surface area (TPSA) is 57.2 Å². The summed E-state index contributed by atoms with van der Waals surface area (Å²) >= 11 is 0. The number of hydrogen-bond donors (Lipinski definition) is 1. The molecule has 4 aromatic rings. The Hall–Kier alpha value is -3.77. The summed E-state index contributed by atoms with van der Waals surface area (Å²) < 4.78 is 0. The van der Waals surface area contributed by atoms with Gasteiger partial charge in [-0.1, -0.05) is 24.3 Å². The lowest BCUT2D eigenvalue weighted by Gasteiger charge is -2.33. The molecular formula is C27H30N6. The third kappa shape index (κ3) is 4.71. The van der Waals surface area contributed by atoms with Crippen LogP contribution in [0.15, 0.2) is 79.3 Å². The zero-order valence-corrected chi connectivity index (χ0v) is 19.1. The summed E-state index contributed by atoms with van der Waals surface area (Å²) in [4.78, 5) is 18.4. The van der Waals surface area contributed by atoms with Gasteiger partial charge in [-0.3, -0.25) is 4.98 Å². The Bertz CT molecular complexity index is 1280. The first-order chi connectivity index (χ1) is 16.2. The SMILES string of the molecule is C/C=C(/Nc1cc2cc(-c3ccccn3)ccc2cn1)c1ccnc(N2CCN(C)CC2)c1.[HH]. The predicted octanol–water partition coefficient (Wildman–Crippen LogP) is 5.16. The molecule has 0 atom stereocenters. The Labute approximate surface area is 196 Å². The quantitative estimate of drug-likeness (QED) is 0.464. The second-order valence-corrected chi connectivity index (χ2v) is 8.37. The molecule has 1 aliphatic rings. The summed E-state index contributed by atoms with van der Waals surface area (Å²) in [6, 6.07) is 18.6. The number of fused-ring (bicyclic) bond motifs is 1. The van der Waals surface area contributed by atoms with Crippen LogP contribution in [0.1, 0.15) is 13.9 Å². The van der Waals surface area contributed by atoms with Crippen LogP contribution in [0.2, 0.25) is 0 Å². The number of nitrogens with zero attached hydrogens (tertiary/aromatic N) is 5. The van der Waals surface area contributed by atoms with E-state index in [1.54, 1.807) is 0 Å². The lowest BCUT2D eigenvalue weighted by atomic mass is 10.1. The fourth-order valence-corrected chi connectivity index (χ4v) is 4.15. The van der Waals surface area contributed by atoms with Gasteiger partial charge in [-0.15, -0.1) is 0 Å². The van der Waals surface area contributed by atoms with Gasteiger partial charge < -0.3 is 15.1 Å². The highest BCUT2D eigenvalue weighted by Crippen LogP contribution is 2.26. The van der Waals surface area contributed by atoms with Crippen LogP contribution in [0.3, 0.4) is 0 Å². The lowest BCUT2D eigenvalue weighted by molar-refractivity contribution is 0.312. The molecule has 0 radical (unpaired) electrons. The monoisotopic (exact) mass is 438 g/mol. The Kier molecular flexibility index (Phi) is 6.00. The molecule has 0 unspecified atom stereocenters. The van der Waals surface area contributed by atoms with E-state index in [0.29, 0.717) is 0 Å². The number of anilines is 2. The molecule has 5 rings (SSSR count). The first-order valence-electron chi connectivity index (χ1n) is 11.3. The normalized spacial score (nSPS) is 15.1. The fraction of sp³-hybridized carbons (Fsp3) is 0.222. The third-order valence-electron chi connectivity index (χ3n) is 6.12. The average Bonchev–Trinajstić information content (AvgIpc) is 2.88. The minimum Gasteiger partial charge on any atom is -0.354 e. The maximum atomic E-state index is 4.64. The number of benzene rings is 1. The van der Waals surface area contributed by atoms with Gasteiger partial charge in [0.1, 0.15) is 11.6 Å². The van der Waals surface area contributed by atoms with Crippen LogP contribution in [0, 0.1) is 0 Å². The van der Waals surface area contributed by atoms with Crippen molar-refractivity contribution in [3.63, 3.8) is 0 Å². The summed E-state index contributed by atoms with van der Waals surface area (Å²) in [7, 11) is 2.17. The number of hydrogen-bond acceptors (Lipinski definition) is 6. The molecule has 6 nitrogen and oxygen atoms in total. The van der Waals surface area contributed by atoms with E-state index in [9.17, 15) is 0 Å². The van der Waals surface area contributed by atoms with Gasteiger partial charge in [0.15, 0.2) is 0 Å². The number of likely N-dealkylation sites (N-methyl/N-ethyl adjacent to an activating group) is 1. The number of piperazine rings is 1. The Morgan fingerprint density at radius 1 is 0.909 bits per heavy atom. The maximum absolute atomic E-state index is 4.64. The third-order valence-corrected chi connectivity index (χ3v) is 6.12. The van der Waals surface area contributed by atoms with Crippen molar-refractivity contribution in [3.8, 4) is 11.3 Å². The van der Waals surface area contributed by atoms with Crippen molar-refractivity contribution in [1.82, 2.24) is 19.9 Å². The molecule has 6 heteroatoms. The molecule has 1 saturated heterocycles. The number of pyridine rings is 3. The molecule has 33 heavy (non-hydrogen) atoms. The molecule has 0 aliphatic carbocycles. The summed E-state index contributed by atoms with van der Waals surface area (Å²) in [6.07, 6.45) is 7.71. The zero-order chi connectivity index (χ0) is 22.6. The van der Waals surface area contributed by atoms with E-state index in [0.717, 1.165) is 71.1 Å². The van der Waals surface area contributed by atoms with Gasteiger partial charge in [0.05, 0.1) is 5.69 Å². The van der Waals surface area contributed by atoms with Gasteiger partial charge in [0.2, 0.25) is 0 Å². The van der Waals surface area contributed by atoms with E-state index in [1.807, 2.05) is 49.8 Å². The van der Waals surface area contributed by atoms with Crippen molar-refractivity contribution in [2.75, 3.05) is 43.4 Å². The van der Waals surface area contributed by atoms with Gasteiger partial charge in [-0.25, -0.2) is 9.97 Å².